The molecule has 0 aromatic carbocycles. The average molecular weight is 568 g/mol. The second-order valence-electron chi connectivity index (χ2n) is 11.3. The highest BCUT2D eigenvalue weighted by Gasteiger charge is 2.55. The van der Waals surface area contributed by atoms with Crippen LogP contribution in [0, 0.1) is 17.3 Å². The first-order valence-electron chi connectivity index (χ1n) is 13.9. The second-order valence-corrected chi connectivity index (χ2v) is 11.7. The number of ether oxygens (including phenoxy) is 1. The maximum absolute atomic E-state index is 12.5. The van der Waals surface area contributed by atoms with E-state index in [4.69, 9.17) is 21.4 Å². The molecule has 0 amide bonds. The SMILES string of the molecule is O[C@H](CN=CC1CCC2(CC1)CC2Nc1cc(C2=CC=CC(NCC3CCOCC3)N2)c(Cl)cn1)C(F)(F)F. The van der Waals surface area contributed by atoms with Gasteiger partial charge in [0, 0.05) is 49.5 Å². The molecule has 7 nitrogen and oxygen atoms in total. The highest BCUT2D eigenvalue weighted by Crippen LogP contribution is 2.58. The molecule has 0 radical (unpaired) electrons. The van der Waals surface area contributed by atoms with Crippen LogP contribution in [0.1, 0.15) is 50.5 Å². The third kappa shape index (κ3) is 7.34. The number of aliphatic imine (C=N–C) groups is 1. The predicted octanol–water partition coefficient (Wildman–Crippen LogP) is 4.93. The molecule has 4 aliphatic rings. The minimum Gasteiger partial charge on any atom is -0.382 e. The maximum Gasteiger partial charge on any atom is 0.416 e. The largest absolute Gasteiger partial charge is 0.416 e. The molecule has 2 aliphatic carbocycles. The van der Waals surface area contributed by atoms with Gasteiger partial charge in [-0.05, 0) is 80.4 Å². The van der Waals surface area contributed by atoms with E-state index in [9.17, 15) is 13.2 Å². The molecular formula is C28H37ClF3N5O2. The van der Waals surface area contributed by atoms with E-state index in [0.29, 0.717) is 17.0 Å². The molecule has 1 aromatic heterocycles. The third-order valence-corrected chi connectivity index (χ3v) is 8.80. The molecule has 214 valence electrons. The lowest BCUT2D eigenvalue weighted by molar-refractivity contribution is -0.199. The first kappa shape index (κ1) is 28.4. The van der Waals surface area contributed by atoms with Crippen LogP contribution in [0.15, 0.2) is 35.5 Å². The lowest BCUT2D eigenvalue weighted by Gasteiger charge is -2.28. The maximum atomic E-state index is 12.5. The van der Waals surface area contributed by atoms with Crippen LogP contribution in [0.25, 0.3) is 5.70 Å². The molecule has 0 bridgehead atoms. The van der Waals surface area contributed by atoms with Crippen molar-refractivity contribution in [2.24, 2.45) is 22.2 Å². The molecule has 11 heteroatoms. The summed E-state index contributed by atoms with van der Waals surface area (Å²) in [6.07, 6.45) is 9.41. The van der Waals surface area contributed by atoms with E-state index in [1.165, 1.54) is 0 Å². The fourth-order valence-corrected chi connectivity index (χ4v) is 6.05. The summed E-state index contributed by atoms with van der Waals surface area (Å²) in [5.74, 6) is 1.56. The van der Waals surface area contributed by atoms with Gasteiger partial charge in [-0.2, -0.15) is 13.2 Å². The number of aliphatic hydroxyl groups is 1. The van der Waals surface area contributed by atoms with Crippen molar-refractivity contribution in [1.82, 2.24) is 15.6 Å². The summed E-state index contributed by atoms with van der Waals surface area (Å²) in [6.45, 7) is 1.97. The van der Waals surface area contributed by atoms with Crippen LogP contribution < -0.4 is 16.0 Å². The van der Waals surface area contributed by atoms with Crippen molar-refractivity contribution in [3.63, 3.8) is 0 Å². The standard InChI is InChI=1S/C28H37ClF3N5O2/c29-21-16-35-26(12-20(21)22-2-1-3-25(36-22)34-15-19-6-10-39-11-7-19)37-23-13-27(23)8-4-18(5-9-27)14-33-17-24(38)28(30,31)32/h1-3,12,14,16,18-19,23-25,34,36,38H,4-11,13,15,17H2,(H,35,37)/t18?,23?,24-,25?,27?/m1/s1. The van der Waals surface area contributed by atoms with Crippen molar-refractivity contribution in [2.75, 3.05) is 31.6 Å². The van der Waals surface area contributed by atoms with Crippen molar-refractivity contribution >= 4 is 29.3 Å². The molecule has 1 aromatic rings. The van der Waals surface area contributed by atoms with E-state index in [1.807, 2.05) is 18.2 Å². The first-order chi connectivity index (χ1) is 18.7. The van der Waals surface area contributed by atoms with E-state index in [1.54, 1.807) is 12.4 Å². The topological polar surface area (TPSA) is 90.8 Å². The number of anilines is 1. The summed E-state index contributed by atoms with van der Waals surface area (Å²) in [7, 11) is 0. The molecule has 2 aliphatic heterocycles. The molecule has 1 spiro atoms. The highest BCUT2D eigenvalue weighted by atomic mass is 35.5. The number of nitrogens with one attached hydrogen (secondary N) is 3. The number of dihydropyridines is 1. The molecule has 39 heavy (non-hydrogen) atoms. The highest BCUT2D eigenvalue weighted by molar-refractivity contribution is 6.32. The Morgan fingerprint density at radius 3 is 2.77 bits per heavy atom. The molecule has 5 rings (SSSR count). The van der Waals surface area contributed by atoms with E-state index in [0.717, 1.165) is 81.8 Å². The number of nitrogens with zero attached hydrogens (tertiary/aromatic N) is 2. The number of allylic oxidation sites excluding steroid dienone is 2. The monoisotopic (exact) mass is 567 g/mol. The number of hydrogen-bond acceptors (Lipinski definition) is 7. The predicted molar refractivity (Wildman–Crippen MR) is 147 cm³/mol. The summed E-state index contributed by atoms with van der Waals surface area (Å²) in [5.41, 5.74) is 2.03. The Kier molecular flexibility index (Phi) is 8.85. The number of aliphatic hydroxyl groups excluding tert-OH is 1. The van der Waals surface area contributed by atoms with Gasteiger partial charge in [-0.1, -0.05) is 17.7 Å². The normalized spacial score (nSPS) is 30.3. The van der Waals surface area contributed by atoms with E-state index >= 15 is 0 Å². The minimum atomic E-state index is -4.62. The van der Waals surface area contributed by atoms with Gasteiger partial charge in [-0.3, -0.25) is 10.3 Å². The number of hydrogen-bond donors (Lipinski definition) is 4. The zero-order valence-corrected chi connectivity index (χ0v) is 22.6. The Morgan fingerprint density at radius 2 is 2.03 bits per heavy atom. The lowest BCUT2D eigenvalue weighted by Crippen LogP contribution is -2.43. The van der Waals surface area contributed by atoms with Crippen LogP contribution in [-0.4, -0.2) is 67.1 Å². The van der Waals surface area contributed by atoms with Crippen LogP contribution in [0.2, 0.25) is 5.02 Å². The van der Waals surface area contributed by atoms with Gasteiger partial charge in [0.2, 0.25) is 0 Å². The van der Waals surface area contributed by atoms with Gasteiger partial charge >= 0.3 is 6.18 Å². The molecular weight excluding hydrogens is 531 g/mol. The summed E-state index contributed by atoms with van der Waals surface area (Å²) in [6, 6.07) is 2.30. The average Bonchev–Trinajstić information content (AvgIpc) is 3.60. The van der Waals surface area contributed by atoms with E-state index < -0.39 is 18.8 Å². The second kappa shape index (κ2) is 12.2. The smallest absolute Gasteiger partial charge is 0.382 e. The molecule has 2 unspecified atom stereocenters. The van der Waals surface area contributed by atoms with Gasteiger partial charge in [0.05, 0.1) is 17.7 Å². The number of rotatable bonds is 9. The Bertz CT molecular complexity index is 1080. The van der Waals surface area contributed by atoms with Gasteiger partial charge < -0.3 is 20.5 Å². The summed E-state index contributed by atoms with van der Waals surface area (Å²) < 4.78 is 42.8. The van der Waals surface area contributed by atoms with Crippen LogP contribution in [0.3, 0.4) is 0 Å². The van der Waals surface area contributed by atoms with Gasteiger partial charge in [0.1, 0.15) is 5.82 Å². The zero-order valence-electron chi connectivity index (χ0n) is 21.9. The van der Waals surface area contributed by atoms with Crippen LogP contribution in [0.5, 0.6) is 0 Å². The first-order valence-corrected chi connectivity index (χ1v) is 14.2. The van der Waals surface area contributed by atoms with Gasteiger partial charge in [0.15, 0.2) is 6.10 Å². The Balaban J connectivity index is 1.11. The Hall–Kier alpha value is -2.14. The lowest BCUT2D eigenvalue weighted by atomic mass is 9.79. The zero-order chi connectivity index (χ0) is 27.5. The van der Waals surface area contributed by atoms with Crippen molar-refractivity contribution in [3.8, 4) is 0 Å². The molecule has 2 saturated carbocycles. The van der Waals surface area contributed by atoms with Crippen molar-refractivity contribution in [3.05, 3.63) is 41.1 Å². The van der Waals surface area contributed by atoms with E-state index in [-0.39, 0.29) is 17.5 Å². The Labute approximate surface area is 232 Å². The Morgan fingerprint density at radius 1 is 1.26 bits per heavy atom. The third-order valence-electron chi connectivity index (χ3n) is 8.50. The van der Waals surface area contributed by atoms with Crippen molar-refractivity contribution < 1.29 is 23.0 Å². The molecule has 3 atom stereocenters. The quantitative estimate of drug-likeness (QED) is 0.316. The number of alkyl halides is 3. The van der Waals surface area contributed by atoms with Gasteiger partial charge in [-0.15, -0.1) is 0 Å². The van der Waals surface area contributed by atoms with Crippen LogP contribution in [-0.2, 0) is 4.74 Å². The fraction of sp³-hybridized carbons (Fsp3) is 0.643. The van der Waals surface area contributed by atoms with Crippen molar-refractivity contribution in [2.45, 2.75) is 69.4 Å². The number of aromatic nitrogens is 1. The molecule has 1 saturated heterocycles. The number of pyridine rings is 1. The minimum absolute atomic E-state index is 0.0237. The van der Waals surface area contributed by atoms with Crippen LogP contribution >= 0.6 is 11.6 Å². The molecule has 3 heterocycles. The van der Waals surface area contributed by atoms with E-state index in [2.05, 4.69) is 32.0 Å². The fourth-order valence-electron chi connectivity index (χ4n) is 5.84. The summed E-state index contributed by atoms with van der Waals surface area (Å²) >= 11 is 6.55. The number of halogens is 4. The summed E-state index contributed by atoms with van der Waals surface area (Å²) in [5, 5.41) is 20.4. The van der Waals surface area contributed by atoms with Crippen LogP contribution in [0.4, 0.5) is 19.0 Å². The van der Waals surface area contributed by atoms with Crippen molar-refractivity contribution in [1.29, 1.82) is 0 Å². The molecule has 3 fully saturated rings. The van der Waals surface area contributed by atoms with Gasteiger partial charge in [-0.25, -0.2) is 4.98 Å². The summed E-state index contributed by atoms with van der Waals surface area (Å²) in [4.78, 5) is 8.38. The molecule has 4 N–H and O–H groups in total. The van der Waals surface area contributed by atoms with Gasteiger partial charge in [0.25, 0.3) is 0 Å².